The molecular formula is C47H28N2. The first-order valence-corrected chi connectivity index (χ1v) is 16.9. The minimum absolute atomic E-state index is 0.390. The summed E-state index contributed by atoms with van der Waals surface area (Å²) in [6, 6.07) is 59.9. The van der Waals surface area contributed by atoms with Gasteiger partial charge in [-0.25, -0.2) is 4.98 Å². The van der Waals surface area contributed by atoms with Crippen molar-refractivity contribution in [2.24, 2.45) is 0 Å². The summed E-state index contributed by atoms with van der Waals surface area (Å²) >= 11 is 0. The Kier molecular flexibility index (Phi) is 5.34. The molecule has 0 unspecified atom stereocenters. The number of hydrogen-bond donors (Lipinski definition) is 0. The third-order valence-electron chi connectivity index (χ3n) is 10.9. The van der Waals surface area contributed by atoms with E-state index < -0.39 is 0 Å². The normalized spacial score (nSPS) is 13.5. The molecule has 2 heterocycles. The predicted molar refractivity (Wildman–Crippen MR) is 202 cm³/mol. The van der Waals surface area contributed by atoms with Crippen molar-refractivity contribution in [2.45, 2.75) is 5.41 Å². The molecule has 0 N–H and O–H groups in total. The number of fused-ring (bicyclic) bond motifs is 14. The van der Waals surface area contributed by atoms with Crippen LogP contribution in [0.25, 0.3) is 77.2 Å². The topological polar surface area (TPSA) is 25.8 Å². The van der Waals surface area contributed by atoms with Crippen LogP contribution < -0.4 is 0 Å². The van der Waals surface area contributed by atoms with Crippen LogP contribution in [0.1, 0.15) is 22.3 Å². The second-order valence-electron chi connectivity index (χ2n) is 13.3. The van der Waals surface area contributed by atoms with Crippen molar-refractivity contribution in [3.05, 3.63) is 192 Å². The predicted octanol–water partition coefficient (Wildman–Crippen LogP) is 11.6. The van der Waals surface area contributed by atoms with Crippen LogP contribution in [0.2, 0.25) is 0 Å². The molecule has 0 bridgehead atoms. The summed E-state index contributed by atoms with van der Waals surface area (Å²) in [6.07, 6.45) is 1.88. The lowest BCUT2D eigenvalue weighted by molar-refractivity contribution is 0.795. The lowest BCUT2D eigenvalue weighted by Crippen LogP contribution is -2.25. The van der Waals surface area contributed by atoms with Crippen molar-refractivity contribution in [1.82, 2.24) is 9.97 Å². The molecular weight excluding hydrogens is 593 g/mol. The molecule has 0 aliphatic heterocycles. The Morgan fingerprint density at radius 3 is 1.78 bits per heavy atom. The fraction of sp³-hybridized carbons (Fsp3) is 0.0213. The van der Waals surface area contributed by atoms with E-state index in [0.29, 0.717) is 0 Å². The fourth-order valence-electron chi connectivity index (χ4n) is 8.93. The number of pyridine rings is 2. The summed E-state index contributed by atoms with van der Waals surface area (Å²) in [4.78, 5) is 10.2. The van der Waals surface area contributed by atoms with E-state index in [1.165, 1.54) is 55.3 Å². The number of hydrogen-bond acceptors (Lipinski definition) is 2. The Labute approximate surface area is 284 Å². The van der Waals surface area contributed by atoms with E-state index in [2.05, 4.69) is 158 Å². The van der Waals surface area contributed by atoms with Crippen LogP contribution in [-0.4, -0.2) is 9.97 Å². The van der Waals surface area contributed by atoms with E-state index in [-0.39, 0.29) is 5.41 Å². The molecule has 2 aromatic heterocycles. The van der Waals surface area contributed by atoms with E-state index in [9.17, 15) is 0 Å². The van der Waals surface area contributed by atoms with Crippen molar-refractivity contribution in [3.63, 3.8) is 0 Å². The molecule has 0 amide bonds. The average molecular weight is 621 g/mol. The van der Waals surface area contributed by atoms with Gasteiger partial charge in [-0.05, 0) is 85.8 Å². The first-order valence-electron chi connectivity index (χ1n) is 16.9. The van der Waals surface area contributed by atoms with Gasteiger partial charge in [0.2, 0.25) is 0 Å². The summed E-state index contributed by atoms with van der Waals surface area (Å²) < 4.78 is 0. The Morgan fingerprint density at radius 1 is 0.388 bits per heavy atom. The molecule has 9 aromatic rings. The van der Waals surface area contributed by atoms with Crippen LogP contribution in [0.4, 0.5) is 0 Å². The zero-order valence-corrected chi connectivity index (χ0v) is 26.6. The highest BCUT2D eigenvalue weighted by molar-refractivity contribution is 6.14. The second kappa shape index (κ2) is 9.82. The summed E-state index contributed by atoms with van der Waals surface area (Å²) in [5.74, 6) is 0. The van der Waals surface area contributed by atoms with E-state index >= 15 is 0 Å². The van der Waals surface area contributed by atoms with E-state index in [1.807, 2.05) is 12.3 Å². The van der Waals surface area contributed by atoms with Crippen molar-refractivity contribution in [2.75, 3.05) is 0 Å². The van der Waals surface area contributed by atoms with Crippen molar-refractivity contribution < 1.29 is 0 Å². The molecule has 11 rings (SSSR count). The standard InChI is InChI=1S/C47H28N2/c1-5-21-40-33(16-1)34-17-2-6-22-41(34)47(40)42-23-7-3-18-35(42)38-27-39-37(28-43(38)47)36-19-4-8-24-44(36)49-46(39)31-14-9-13-30(26-31)32-20-10-12-29-15-11-25-48-45(29)32/h1-28H. The van der Waals surface area contributed by atoms with Crippen LogP contribution in [0, 0.1) is 0 Å². The smallest absolute Gasteiger partial charge is 0.0788 e. The highest BCUT2D eigenvalue weighted by Gasteiger charge is 2.51. The van der Waals surface area contributed by atoms with Gasteiger partial charge >= 0.3 is 0 Å². The van der Waals surface area contributed by atoms with E-state index in [0.717, 1.165) is 44.2 Å². The average Bonchev–Trinajstić information content (AvgIpc) is 3.64. The number of aromatic nitrogens is 2. The molecule has 2 aliphatic rings. The fourth-order valence-corrected chi connectivity index (χ4v) is 8.93. The summed E-state index contributed by atoms with van der Waals surface area (Å²) in [6.45, 7) is 0. The minimum atomic E-state index is -0.390. The molecule has 0 radical (unpaired) electrons. The summed E-state index contributed by atoms with van der Waals surface area (Å²) in [5.41, 5.74) is 16.6. The third kappa shape index (κ3) is 3.50. The maximum absolute atomic E-state index is 5.40. The minimum Gasteiger partial charge on any atom is -0.256 e. The maximum atomic E-state index is 5.40. The lowest BCUT2D eigenvalue weighted by Gasteiger charge is -2.30. The van der Waals surface area contributed by atoms with Gasteiger partial charge in [-0.1, -0.05) is 133 Å². The molecule has 7 aromatic carbocycles. The van der Waals surface area contributed by atoms with Gasteiger partial charge in [0.25, 0.3) is 0 Å². The Morgan fingerprint density at radius 2 is 1.00 bits per heavy atom. The largest absolute Gasteiger partial charge is 0.256 e. The van der Waals surface area contributed by atoms with Gasteiger partial charge in [0.05, 0.1) is 22.1 Å². The van der Waals surface area contributed by atoms with Crippen LogP contribution in [-0.2, 0) is 5.41 Å². The molecule has 0 fully saturated rings. The zero-order chi connectivity index (χ0) is 32.1. The monoisotopic (exact) mass is 620 g/mol. The van der Waals surface area contributed by atoms with Gasteiger partial charge in [-0.3, -0.25) is 4.98 Å². The number of para-hydroxylation sites is 2. The van der Waals surface area contributed by atoms with Gasteiger partial charge in [0.1, 0.15) is 0 Å². The van der Waals surface area contributed by atoms with Crippen LogP contribution >= 0.6 is 0 Å². The first kappa shape index (κ1) is 26.7. The van der Waals surface area contributed by atoms with E-state index in [1.54, 1.807) is 0 Å². The van der Waals surface area contributed by atoms with Gasteiger partial charge < -0.3 is 0 Å². The highest BCUT2D eigenvalue weighted by atomic mass is 14.7. The molecule has 2 aliphatic carbocycles. The highest BCUT2D eigenvalue weighted by Crippen LogP contribution is 2.63. The molecule has 226 valence electrons. The van der Waals surface area contributed by atoms with E-state index in [4.69, 9.17) is 9.97 Å². The van der Waals surface area contributed by atoms with Gasteiger partial charge in [-0.2, -0.15) is 0 Å². The zero-order valence-electron chi connectivity index (χ0n) is 26.6. The molecule has 1 spiro atoms. The van der Waals surface area contributed by atoms with Crippen molar-refractivity contribution in [1.29, 1.82) is 0 Å². The first-order chi connectivity index (χ1) is 24.3. The summed E-state index contributed by atoms with van der Waals surface area (Å²) in [7, 11) is 0. The van der Waals surface area contributed by atoms with Crippen LogP contribution in [0.5, 0.6) is 0 Å². The number of benzene rings is 7. The number of rotatable bonds is 2. The maximum Gasteiger partial charge on any atom is 0.0788 e. The Bertz CT molecular complexity index is 2790. The SMILES string of the molecule is c1cc(-c2nc3ccccc3c3cc4c(cc23)-c2ccccc2C42c3ccccc3-c3ccccc32)cc(-c2cccc3cccnc23)c1. The van der Waals surface area contributed by atoms with Crippen molar-refractivity contribution in [3.8, 4) is 44.6 Å². The van der Waals surface area contributed by atoms with Gasteiger partial charge in [-0.15, -0.1) is 0 Å². The molecule has 2 nitrogen and oxygen atoms in total. The lowest BCUT2D eigenvalue weighted by atomic mass is 9.70. The van der Waals surface area contributed by atoms with Gasteiger partial charge in [0.15, 0.2) is 0 Å². The van der Waals surface area contributed by atoms with Crippen LogP contribution in [0.3, 0.4) is 0 Å². The Balaban J connectivity index is 1.23. The second-order valence-corrected chi connectivity index (χ2v) is 13.3. The Hall–Kier alpha value is -6.38. The molecule has 49 heavy (non-hydrogen) atoms. The quantitative estimate of drug-likeness (QED) is 0.180. The molecule has 0 saturated heterocycles. The summed E-state index contributed by atoms with van der Waals surface area (Å²) in [5, 5.41) is 4.70. The third-order valence-corrected chi connectivity index (χ3v) is 10.9. The molecule has 0 atom stereocenters. The van der Waals surface area contributed by atoms with Crippen molar-refractivity contribution >= 4 is 32.6 Å². The van der Waals surface area contributed by atoms with Gasteiger partial charge in [0, 0.05) is 33.5 Å². The molecule has 2 heteroatoms. The van der Waals surface area contributed by atoms with Crippen LogP contribution in [0.15, 0.2) is 170 Å². The number of nitrogens with zero attached hydrogens (tertiary/aromatic N) is 2. The molecule has 0 saturated carbocycles.